The Balaban J connectivity index is 3.04. The van der Waals surface area contributed by atoms with Crippen LogP contribution in [0.15, 0.2) is 18.2 Å². The fraction of sp³-hybridized carbons (Fsp3) is 0.625. The van der Waals surface area contributed by atoms with Crippen molar-refractivity contribution in [2.45, 2.75) is 64.5 Å². The maximum absolute atomic E-state index is 13.3. The van der Waals surface area contributed by atoms with Gasteiger partial charge in [0.25, 0.3) is 0 Å². The van der Waals surface area contributed by atoms with E-state index in [1.165, 1.54) is 12.1 Å². The molecule has 2 N–H and O–H groups in total. The summed E-state index contributed by atoms with van der Waals surface area (Å²) in [5.74, 6) is -0.260. The first-order valence-electron chi connectivity index (χ1n) is 8.04. The summed E-state index contributed by atoms with van der Waals surface area (Å²) < 4.78 is 50.6. The molecule has 9 heteroatoms. The first-order valence-corrected chi connectivity index (χ1v) is 10.9. The van der Waals surface area contributed by atoms with Gasteiger partial charge in [-0.05, 0) is 49.2 Å². The van der Waals surface area contributed by atoms with Crippen molar-refractivity contribution in [3.8, 4) is 5.75 Å². The van der Waals surface area contributed by atoms with Gasteiger partial charge in [-0.15, -0.1) is 0 Å². The summed E-state index contributed by atoms with van der Waals surface area (Å²) in [7, 11) is -4.26. The molecule has 0 aromatic heterocycles. The van der Waals surface area contributed by atoms with E-state index in [0.29, 0.717) is 0 Å². The van der Waals surface area contributed by atoms with E-state index in [1.54, 1.807) is 6.92 Å². The number of benzene rings is 1. The first kappa shape index (κ1) is 22.0. The largest absolute Gasteiger partial charge is 0.707 e. The zero-order valence-electron chi connectivity index (χ0n) is 15.4. The summed E-state index contributed by atoms with van der Waals surface area (Å²) in [6.07, 6.45) is -4.85. The Morgan fingerprint density at radius 3 is 2.16 bits per heavy atom. The molecule has 0 radical (unpaired) electrons. The predicted molar refractivity (Wildman–Crippen MR) is 93.7 cm³/mol. The minimum Gasteiger partial charge on any atom is -0.512 e. The van der Waals surface area contributed by atoms with Gasteiger partial charge in [0.1, 0.15) is 5.75 Å². The average molecular weight is 378 g/mol. The van der Waals surface area contributed by atoms with Gasteiger partial charge in [0.05, 0.1) is 5.56 Å². The van der Waals surface area contributed by atoms with Crippen molar-refractivity contribution < 1.29 is 32.3 Å². The Labute approximate surface area is 148 Å². The molecule has 0 aliphatic rings. The average Bonchev–Trinajstić information content (AvgIpc) is 2.36. The van der Waals surface area contributed by atoms with Gasteiger partial charge in [-0.2, -0.15) is 13.2 Å². The van der Waals surface area contributed by atoms with Crippen molar-refractivity contribution >= 4 is 15.6 Å². The Hall–Kier alpha value is -1.03. The highest BCUT2D eigenvalue weighted by molar-refractivity contribution is 6.74. The molecule has 0 bridgehead atoms. The number of hydrogen-bond donors (Lipinski definition) is 2. The van der Waals surface area contributed by atoms with Crippen LogP contribution in [0.1, 0.15) is 38.8 Å². The van der Waals surface area contributed by atoms with Gasteiger partial charge in [-0.3, -0.25) is 0 Å². The van der Waals surface area contributed by atoms with Crippen LogP contribution in [-0.4, -0.2) is 31.8 Å². The predicted octanol–water partition coefficient (Wildman–Crippen LogP) is 4.01. The van der Waals surface area contributed by atoms with Gasteiger partial charge in [0, 0.05) is 6.10 Å². The number of hydrogen-bond acceptors (Lipinski definition) is 4. The molecule has 1 unspecified atom stereocenters. The summed E-state index contributed by atoms with van der Waals surface area (Å²) in [4.78, 5) is 0. The molecule has 0 saturated heterocycles. The van der Waals surface area contributed by atoms with E-state index in [1.807, 2.05) is 13.1 Å². The third-order valence-corrected chi connectivity index (χ3v) is 9.04. The van der Waals surface area contributed by atoms with Crippen LogP contribution in [0, 0.1) is 0 Å². The monoisotopic (exact) mass is 378 g/mol. The van der Waals surface area contributed by atoms with Crippen LogP contribution in [0.25, 0.3) is 0 Å². The van der Waals surface area contributed by atoms with Crippen LogP contribution in [0.2, 0.25) is 18.1 Å². The lowest BCUT2D eigenvalue weighted by Gasteiger charge is -2.38. The van der Waals surface area contributed by atoms with Crippen molar-refractivity contribution in [2.75, 3.05) is 0 Å². The second-order valence-corrected chi connectivity index (χ2v) is 12.4. The Kier molecular flexibility index (Phi) is 6.77. The second-order valence-electron chi connectivity index (χ2n) is 7.65. The molecule has 1 rings (SSSR count). The van der Waals surface area contributed by atoms with Crippen LogP contribution < -0.4 is 4.65 Å². The fourth-order valence-electron chi connectivity index (χ4n) is 2.22. The highest BCUT2D eigenvalue weighted by atomic mass is 28.4. The van der Waals surface area contributed by atoms with Crippen molar-refractivity contribution in [3.05, 3.63) is 29.3 Å². The van der Waals surface area contributed by atoms with Gasteiger partial charge in [0.15, 0.2) is 8.32 Å². The molecule has 0 saturated carbocycles. The minimum atomic E-state index is -4.58. The minimum absolute atomic E-state index is 0.0386. The molecule has 0 amide bonds. The zero-order valence-corrected chi connectivity index (χ0v) is 16.4. The summed E-state index contributed by atoms with van der Waals surface area (Å²) in [6.45, 7) is 12.1. The first-order chi connectivity index (χ1) is 11.1. The quantitative estimate of drug-likeness (QED) is 0.735. The van der Waals surface area contributed by atoms with Crippen LogP contribution in [0.5, 0.6) is 5.75 Å². The summed E-state index contributed by atoms with van der Waals surface area (Å²) in [6, 6.07) is 3.34. The third kappa shape index (κ3) is 6.32. The van der Waals surface area contributed by atoms with E-state index in [0.717, 1.165) is 6.07 Å². The smallest absolute Gasteiger partial charge is 0.512 e. The lowest BCUT2D eigenvalue weighted by Crippen LogP contribution is -2.43. The topological polar surface area (TPSA) is 58.9 Å². The normalized spacial score (nSPS) is 14.4. The van der Waals surface area contributed by atoms with E-state index in [9.17, 15) is 13.2 Å². The molecule has 0 fully saturated rings. The molecule has 0 spiro atoms. The van der Waals surface area contributed by atoms with E-state index >= 15 is 0 Å². The summed E-state index contributed by atoms with van der Waals surface area (Å²) >= 11 is 0. The molecule has 4 nitrogen and oxygen atoms in total. The van der Waals surface area contributed by atoms with Crippen LogP contribution in [0.4, 0.5) is 13.2 Å². The zero-order chi connectivity index (χ0) is 19.6. The van der Waals surface area contributed by atoms with Gasteiger partial charge < -0.3 is 19.1 Å². The van der Waals surface area contributed by atoms with Crippen molar-refractivity contribution in [3.63, 3.8) is 0 Å². The van der Waals surface area contributed by atoms with Crippen molar-refractivity contribution in [1.82, 2.24) is 0 Å². The lowest BCUT2D eigenvalue weighted by atomic mass is 10.0. The summed E-state index contributed by atoms with van der Waals surface area (Å²) in [5, 5.41) is 17.5. The maximum Gasteiger partial charge on any atom is 0.707 e. The standard InChI is InChI=1S/C16H26BF3O4Si/c1-11(24-25(5,6)15(2,3)4)9-12-7-8-13(23-17(21)22)10-14(12)16(18,19)20/h7-8,10-11,21-22H,9H2,1-6H3. The van der Waals surface area contributed by atoms with Gasteiger partial charge in [-0.25, -0.2) is 0 Å². The SMILES string of the molecule is CC(Cc1ccc(OB(O)O)cc1C(F)(F)F)O[Si](C)(C)C(C)(C)C. The molecule has 0 aliphatic carbocycles. The van der Waals surface area contributed by atoms with Gasteiger partial charge in [0.2, 0.25) is 0 Å². The molecular weight excluding hydrogens is 352 g/mol. The third-order valence-electron chi connectivity index (χ3n) is 4.44. The molecule has 142 valence electrons. The Morgan fingerprint density at radius 2 is 1.72 bits per heavy atom. The van der Waals surface area contributed by atoms with Crippen molar-refractivity contribution in [2.24, 2.45) is 0 Å². The molecule has 25 heavy (non-hydrogen) atoms. The molecule has 0 heterocycles. The van der Waals surface area contributed by atoms with E-state index < -0.39 is 27.4 Å². The second kappa shape index (κ2) is 7.69. The van der Waals surface area contributed by atoms with E-state index in [4.69, 9.17) is 14.5 Å². The highest BCUT2D eigenvalue weighted by Crippen LogP contribution is 2.39. The van der Waals surface area contributed by atoms with Crippen molar-refractivity contribution in [1.29, 1.82) is 0 Å². The fourth-order valence-corrected chi connectivity index (χ4v) is 3.67. The number of halogens is 3. The van der Waals surface area contributed by atoms with E-state index in [-0.39, 0.29) is 28.9 Å². The number of alkyl halides is 3. The van der Waals surface area contributed by atoms with Gasteiger partial charge >= 0.3 is 13.5 Å². The van der Waals surface area contributed by atoms with Crippen LogP contribution >= 0.6 is 0 Å². The van der Waals surface area contributed by atoms with Crippen LogP contribution in [0.3, 0.4) is 0 Å². The lowest BCUT2D eigenvalue weighted by molar-refractivity contribution is -0.138. The van der Waals surface area contributed by atoms with E-state index in [2.05, 4.69) is 25.4 Å². The van der Waals surface area contributed by atoms with Crippen LogP contribution in [-0.2, 0) is 17.0 Å². The molecule has 0 aliphatic heterocycles. The summed E-state index contributed by atoms with van der Waals surface area (Å²) in [5.41, 5.74) is -0.783. The molecule has 1 aromatic carbocycles. The van der Waals surface area contributed by atoms with Gasteiger partial charge in [-0.1, -0.05) is 26.8 Å². The number of rotatable bonds is 6. The Morgan fingerprint density at radius 1 is 1.16 bits per heavy atom. The Bertz CT molecular complexity index is 586. The molecule has 1 aromatic rings. The molecular formula is C16H26BF3O4Si. The molecule has 1 atom stereocenters. The highest BCUT2D eigenvalue weighted by Gasteiger charge is 2.39. The maximum atomic E-state index is 13.3.